The standard InChI is InChI=1S/C25H21NO5.C18H16BrNO3.C7H6BO4/c1-15-2-8-19(13-20(15)16-3-5-17(6-4-16)23(27)28)26-24(29)25(10-11-25)18-7-9-21-22(12-18)31-14-30-21;1-11-2-4-13(9-14(11)19)20-17(21)18(6-7-18)12-3-5-15-16(8-12)23-10-22-15;9-7(10)5-1-3-6(4-2-5)12-8-11/h2-9,12-13H,10-11,14H2,1H3,(H,26,29)(H,27,28);2-5,8-9H,6-7,10H2,1H3,(H,20,21);1-4,11H,(H,9,10). The van der Waals surface area contributed by atoms with Crippen LogP contribution in [0.1, 0.15) is 68.7 Å². The number of rotatable bonds is 11. The van der Waals surface area contributed by atoms with Crippen molar-refractivity contribution in [3.8, 4) is 39.9 Å². The largest absolute Gasteiger partial charge is 0.569 e. The summed E-state index contributed by atoms with van der Waals surface area (Å²) in [5.41, 5.74) is 6.89. The third-order valence-electron chi connectivity index (χ3n) is 11.9. The molecule has 5 N–H and O–H groups in total. The quantitative estimate of drug-likeness (QED) is 0.0773. The Morgan fingerprint density at radius 3 is 1.48 bits per heavy atom. The average Bonchev–Trinajstić information content (AvgIpc) is 4.21. The first kappa shape index (κ1) is 45.3. The van der Waals surface area contributed by atoms with E-state index in [4.69, 9.17) is 34.2 Å². The molecule has 0 saturated heterocycles. The summed E-state index contributed by atoms with van der Waals surface area (Å²) in [5.74, 6) is 1.29. The molecule has 0 spiro atoms. The van der Waals surface area contributed by atoms with E-state index in [0.717, 1.165) is 80.7 Å². The van der Waals surface area contributed by atoms with E-state index in [0.29, 0.717) is 30.6 Å². The number of carbonyl (C=O) groups excluding carboxylic acids is 2. The Labute approximate surface area is 388 Å². The lowest BCUT2D eigenvalue weighted by Crippen LogP contribution is -2.27. The highest BCUT2D eigenvalue weighted by atomic mass is 79.9. The van der Waals surface area contributed by atoms with Crippen LogP contribution in [-0.2, 0) is 20.4 Å². The second-order valence-electron chi connectivity index (χ2n) is 16.1. The van der Waals surface area contributed by atoms with Gasteiger partial charge in [0, 0.05) is 15.8 Å². The van der Waals surface area contributed by atoms with Gasteiger partial charge in [-0.3, -0.25) is 9.59 Å². The van der Waals surface area contributed by atoms with Gasteiger partial charge >= 0.3 is 19.6 Å². The Morgan fingerprint density at radius 2 is 1.03 bits per heavy atom. The third kappa shape index (κ3) is 9.84. The van der Waals surface area contributed by atoms with Crippen molar-refractivity contribution in [1.82, 2.24) is 0 Å². The Morgan fingerprint density at radius 1 is 0.576 bits per heavy atom. The molecule has 66 heavy (non-hydrogen) atoms. The first-order valence-electron chi connectivity index (χ1n) is 20.9. The summed E-state index contributed by atoms with van der Waals surface area (Å²) in [6.07, 6.45) is 3.28. The van der Waals surface area contributed by atoms with Crippen LogP contribution in [0.25, 0.3) is 11.1 Å². The van der Waals surface area contributed by atoms with Crippen molar-refractivity contribution in [3.63, 3.8) is 0 Å². The van der Waals surface area contributed by atoms with Gasteiger partial charge in [0.05, 0.1) is 22.0 Å². The average molecular weight is 955 g/mol. The van der Waals surface area contributed by atoms with Crippen molar-refractivity contribution in [2.75, 3.05) is 24.2 Å². The molecule has 0 bridgehead atoms. The predicted molar refractivity (Wildman–Crippen MR) is 249 cm³/mol. The van der Waals surface area contributed by atoms with Crippen molar-refractivity contribution in [2.24, 2.45) is 0 Å². The number of fused-ring (bicyclic) bond motifs is 2. The number of nitrogens with one attached hydrogen (secondary N) is 2. The molecule has 2 saturated carbocycles. The Kier molecular flexibility index (Phi) is 13.1. The molecule has 2 amide bonds. The lowest BCUT2D eigenvalue weighted by atomic mass is 9.94. The van der Waals surface area contributed by atoms with Crippen LogP contribution in [0.3, 0.4) is 0 Å². The zero-order valence-corrected chi connectivity index (χ0v) is 37.3. The molecular weight excluding hydrogens is 911 g/mol. The van der Waals surface area contributed by atoms with Gasteiger partial charge in [0.1, 0.15) is 5.75 Å². The van der Waals surface area contributed by atoms with Crippen molar-refractivity contribution < 1.29 is 58.0 Å². The summed E-state index contributed by atoms with van der Waals surface area (Å²) < 4.78 is 27.2. The summed E-state index contributed by atoms with van der Waals surface area (Å²) in [5, 5.41) is 32.0. The van der Waals surface area contributed by atoms with Crippen LogP contribution in [0, 0.1) is 13.8 Å². The smallest absolute Gasteiger partial charge is 0.537 e. The minimum atomic E-state index is -0.991. The maximum absolute atomic E-state index is 13.2. The van der Waals surface area contributed by atoms with Gasteiger partial charge in [-0.2, -0.15) is 0 Å². The lowest BCUT2D eigenvalue weighted by molar-refractivity contribution is -0.119. The van der Waals surface area contributed by atoms with E-state index in [9.17, 15) is 19.2 Å². The number of anilines is 2. The van der Waals surface area contributed by atoms with Crippen molar-refractivity contribution in [1.29, 1.82) is 0 Å². The summed E-state index contributed by atoms with van der Waals surface area (Å²) in [7, 11) is 0.537. The number of carboxylic acids is 2. The van der Waals surface area contributed by atoms with E-state index in [1.54, 1.807) is 24.3 Å². The van der Waals surface area contributed by atoms with E-state index in [1.165, 1.54) is 24.3 Å². The number of carbonyl (C=O) groups is 4. The predicted octanol–water partition coefficient (Wildman–Crippen LogP) is 9.21. The number of benzene rings is 6. The molecule has 335 valence electrons. The molecule has 14 nitrogen and oxygen atoms in total. The summed E-state index contributed by atoms with van der Waals surface area (Å²) in [6.45, 7) is 4.46. The number of aryl methyl sites for hydroxylation is 2. The highest BCUT2D eigenvalue weighted by Gasteiger charge is 2.52. The van der Waals surface area contributed by atoms with Gasteiger partial charge in [-0.05, 0) is 158 Å². The van der Waals surface area contributed by atoms with Gasteiger partial charge in [0.15, 0.2) is 23.0 Å². The number of hydrogen-bond donors (Lipinski definition) is 5. The first-order valence-corrected chi connectivity index (χ1v) is 21.7. The SMILES string of the molecule is Cc1ccc(NC(=O)C2(c3ccc4c(c3)OCO4)CC2)cc1-c1ccc(C(=O)O)cc1.Cc1ccc(NC(=O)C2(c3ccc4c(c3)OCO4)CC2)cc1Br.O=C(O)c1ccc(O[B]O)cc1. The normalized spacial score (nSPS) is 14.8. The second kappa shape index (κ2) is 19.0. The Hall–Kier alpha value is -7.30. The first-order chi connectivity index (χ1) is 31.8. The number of amides is 2. The van der Waals surface area contributed by atoms with E-state index in [2.05, 4.69) is 31.2 Å². The van der Waals surface area contributed by atoms with Gasteiger partial charge < -0.3 is 49.5 Å². The second-order valence-corrected chi connectivity index (χ2v) is 17.0. The van der Waals surface area contributed by atoms with Gasteiger partial charge in [-0.15, -0.1) is 0 Å². The molecule has 10 rings (SSSR count). The van der Waals surface area contributed by atoms with Crippen LogP contribution in [0.4, 0.5) is 11.4 Å². The summed E-state index contributed by atoms with van der Waals surface area (Å²) in [4.78, 5) is 47.5. The van der Waals surface area contributed by atoms with Crippen LogP contribution in [-0.4, -0.2) is 60.3 Å². The van der Waals surface area contributed by atoms with Gasteiger partial charge in [0.25, 0.3) is 0 Å². The van der Waals surface area contributed by atoms with Crippen LogP contribution in [0.5, 0.6) is 28.7 Å². The molecule has 16 heteroatoms. The fraction of sp³-hybridized carbons (Fsp3) is 0.200. The number of ether oxygens (including phenoxy) is 4. The molecule has 0 atom stereocenters. The van der Waals surface area contributed by atoms with Crippen LogP contribution in [0.2, 0.25) is 0 Å². The highest BCUT2D eigenvalue weighted by Crippen LogP contribution is 2.52. The van der Waals surface area contributed by atoms with Crippen molar-refractivity contribution in [3.05, 3.63) is 159 Å². The molecule has 0 aromatic heterocycles. The van der Waals surface area contributed by atoms with Gasteiger partial charge in [-0.25, -0.2) is 9.59 Å². The zero-order chi connectivity index (χ0) is 46.6. The highest BCUT2D eigenvalue weighted by molar-refractivity contribution is 9.10. The zero-order valence-electron chi connectivity index (χ0n) is 35.8. The van der Waals surface area contributed by atoms with Crippen LogP contribution < -0.4 is 34.2 Å². The van der Waals surface area contributed by atoms with Crippen molar-refractivity contribution >= 4 is 58.7 Å². The van der Waals surface area contributed by atoms with E-state index in [1.807, 2.05) is 86.6 Å². The fourth-order valence-electron chi connectivity index (χ4n) is 7.64. The number of hydrogen-bond acceptors (Lipinski definition) is 10. The van der Waals surface area contributed by atoms with Gasteiger partial charge in [0.2, 0.25) is 25.4 Å². The minimum Gasteiger partial charge on any atom is -0.537 e. The van der Waals surface area contributed by atoms with Crippen molar-refractivity contribution in [2.45, 2.75) is 50.4 Å². The summed E-state index contributed by atoms with van der Waals surface area (Å²) >= 11 is 3.50. The number of aromatic carboxylic acids is 2. The Balaban J connectivity index is 0.000000148. The molecule has 2 aliphatic carbocycles. The van der Waals surface area contributed by atoms with Gasteiger partial charge in [-0.1, -0.05) is 52.3 Å². The van der Waals surface area contributed by atoms with E-state index < -0.39 is 22.8 Å². The molecule has 6 aromatic rings. The lowest BCUT2D eigenvalue weighted by Gasteiger charge is -2.17. The fourth-order valence-corrected chi connectivity index (χ4v) is 8.02. The Bertz CT molecular complexity index is 2830. The molecular formula is C50H43BBrN2O12. The van der Waals surface area contributed by atoms with E-state index in [-0.39, 0.29) is 36.5 Å². The maximum Gasteiger partial charge on any atom is 0.569 e. The monoisotopic (exact) mass is 953 g/mol. The molecule has 2 heterocycles. The molecule has 4 aliphatic rings. The van der Waals surface area contributed by atoms with E-state index >= 15 is 0 Å². The molecule has 2 aliphatic heterocycles. The minimum absolute atomic E-state index is 0.0344. The topological polar surface area (TPSA) is 199 Å². The maximum atomic E-state index is 13.2. The molecule has 1 radical (unpaired) electrons. The molecule has 0 unspecified atom stereocenters. The third-order valence-corrected chi connectivity index (χ3v) is 12.7. The molecule has 2 fully saturated rings. The summed E-state index contributed by atoms with van der Waals surface area (Å²) in [6, 6.07) is 35.5. The molecule has 6 aromatic carbocycles. The number of halogens is 1. The van der Waals surface area contributed by atoms with Crippen LogP contribution in [0.15, 0.2) is 126 Å². The number of carboxylic acid groups (broad SMARTS) is 2. The van der Waals surface area contributed by atoms with Crippen LogP contribution >= 0.6 is 15.9 Å².